The lowest BCUT2D eigenvalue weighted by molar-refractivity contribution is 0.318. The number of hydrogen-bond acceptors (Lipinski definition) is 3. The summed E-state index contributed by atoms with van der Waals surface area (Å²) >= 11 is 5.71. The SMILES string of the molecule is N/C(=N/O)c1cc(F)c(Oc2ccc(F)cc2Cl)c(F)c1. The smallest absolute Gasteiger partial charge is 0.198 e. The van der Waals surface area contributed by atoms with Crippen molar-refractivity contribution in [3.63, 3.8) is 0 Å². The van der Waals surface area contributed by atoms with Gasteiger partial charge in [0, 0.05) is 5.56 Å². The molecule has 0 aromatic heterocycles. The molecule has 0 saturated carbocycles. The second-order valence-corrected chi connectivity index (χ2v) is 4.34. The van der Waals surface area contributed by atoms with Crippen LogP contribution in [-0.4, -0.2) is 11.0 Å². The normalized spacial score (nSPS) is 11.5. The van der Waals surface area contributed by atoms with Gasteiger partial charge >= 0.3 is 0 Å². The van der Waals surface area contributed by atoms with E-state index in [9.17, 15) is 13.2 Å². The van der Waals surface area contributed by atoms with Crippen molar-refractivity contribution in [2.24, 2.45) is 10.9 Å². The van der Waals surface area contributed by atoms with Gasteiger partial charge in [-0.2, -0.15) is 0 Å². The molecule has 2 rings (SSSR count). The van der Waals surface area contributed by atoms with Gasteiger partial charge in [0.05, 0.1) is 5.02 Å². The number of amidine groups is 1. The van der Waals surface area contributed by atoms with E-state index in [2.05, 4.69) is 5.16 Å². The van der Waals surface area contributed by atoms with Crippen LogP contribution >= 0.6 is 11.6 Å². The lowest BCUT2D eigenvalue weighted by Gasteiger charge is -2.10. The molecule has 21 heavy (non-hydrogen) atoms. The number of benzene rings is 2. The van der Waals surface area contributed by atoms with Crippen molar-refractivity contribution in [1.29, 1.82) is 0 Å². The van der Waals surface area contributed by atoms with E-state index in [0.717, 1.165) is 30.3 Å². The summed E-state index contributed by atoms with van der Waals surface area (Å²) in [7, 11) is 0. The third kappa shape index (κ3) is 3.19. The van der Waals surface area contributed by atoms with E-state index in [1.54, 1.807) is 0 Å². The molecule has 0 aliphatic rings. The summed E-state index contributed by atoms with van der Waals surface area (Å²) in [6.45, 7) is 0. The highest BCUT2D eigenvalue weighted by molar-refractivity contribution is 6.32. The highest BCUT2D eigenvalue weighted by Gasteiger charge is 2.17. The van der Waals surface area contributed by atoms with Crippen molar-refractivity contribution in [3.05, 3.63) is 58.4 Å². The van der Waals surface area contributed by atoms with Gasteiger partial charge in [-0.25, -0.2) is 13.2 Å². The molecule has 0 saturated heterocycles. The van der Waals surface area contributed by atoms with Crippen LogP contribution in [0.25, 0.3) is 0 Å². The molecule has 0 aliphatic heterocycles. The van der Waals surface area contributed by atoms with E-state index >= 15 is 0 Å². The lowest BCUT2D eigenvalue weighted by atomic mass is 10.2. The zero-order chi connectivity index (χ0) is 15.6. The molecule has 2 aromatic carbocycles. The van der Waals surface area contributed by atoms with Crippen LogP contribution in [0.2, 0.25) is 5.02 Å². The Labute approximate surface area is 122 Å². The zero-order valence-corrected chi connectivity index (χ0v) is 11.0. The summed E-state index contributed by atoms with van der Waals surface area (Å²) in [4.78, 5) is 0. The molecule has 8 heteroatoms. The minimum atomic E-state index is -1.09. The first-order valence-electron chi connectivity index (χ1n) is 5.52. The van der Waals surface area contributed by atoms with Gasteiger partial charge in [0.1, 0.15) is 11.6 Å². The van der Waals surface area contributed by atoms with Crippen LogP contribution in [-0.2, 0) is 0 Å². The molecule has 0 amide bonds. The molecular formula is C13H8ClF3N2O2. The van der Waals surface area contributed by atoms with Gasteiger partial charge in [-0.1, -0.05) is 16.8 Å². The first kappa shape index (κ1) is 15.0. The largest absolute Gasteiger partial charge is 0.450 e. The van der Waals surface area contributed by atoms with E-state index < -0.39 is 29.0 Å². The Morgan fingerprint density at radius 1 is 1.14 bits per heavy atom. The van der Waals surface area contributed by atoms with E-state index in [1.807, 2.05) is 0 Å². The number of hydrogen-bond donors (Lipinski definition) is 2. The summed E-state index contributed by atoms with van der Waals surface area (Å²) in [6, 6.07) is 4.75. The van der Waals surface area contributed by atoms with Crippen molar-refractivity contribution >= 4 is 17.4 Å². The van der Waals surface area contributed by atoms with Crippen LogP contribution in [0.4, 0.5) is 13.2 Å². The molecule has 2 aromatic rings. The molecule has 0 fully saturated rings. The van der Waals surface area contributed by atoms with Gasteiger partial charge < -0.3 is 15.7 Å². The summed E-state index contributed by atoms with van der Waals surface area (Å²) in [5, 5.41) is 11.0. The topological polar surface area (TPSA) is 67.8 Å². The second-order valence-electron chi connectivity index (χ2n) is 3.93. The van der Waals surface area contributed by atoms with Crippen molar-refractivity contribution in [1.82, 2.24) is 0 Å². The van der Waals surface area contributed by atoms with Crippen LogP contribution in [0.5, 0.6) is 11.5 Å². The van der Waals surface area contributed by atoms with Crippen LogP contribution in [0, 0.1) is 17.5 Å². The summed E-state index contributed by atoms with van der Waals surface area (Å²) in [5.74, 6) is -4.10. The Kier molecular flexibility index (Phi) is 4.23. The van der Waals surface area contributed by atoms with E-state index in [0.29, 0.717) is 0 Å². The third-order valence-corrected chi connectivity index (χ3v) is 2.80. The van der Waals surface area contributed by atoms with Crippen LogP contribution in [0.1, 0.15) is 5.56 Å². The van der Waals surface area contributed by atoms with Gasteiger partial charge in [-0.15, -0.1) is 0 Å². The van der Waals surface area contributed by atoms with Crippen LogP contribution in [0.15, 0.2) is 35.5 Å². The number of nitrogens with two attached hydrogens (primary N) is 1. The van der Waals surface area contributed by atoms with Crippen molar-refractivity contribution in [2.45, 2.75) is 0 Å². The van der Waals surface area contributed by atoms with Crippen molar-refractivity contribution in [2.75, 3.05) is 0 Å². The molecule has 0 spiro atoms. The Bertz CT molecular complexity index is 700. The first-order valence-corrected chi connectivity index (χ1v) is 5.90. The van der Waals surface area contributed by atoms with Crippen molar-refractivity contribution < 1.29 is 23.1 Å². The maximum absolute atomic E-state index is 13.8. The predicted octanol–water partition coefficient (Wildman–Crippen LogP) is 3.64. The molecule has 0 bridgehead atoms. The fourth-order valence-corrected chi connectivity index (χ4v) is 1.74. The number of ether oxygens (including phenoxy) is 1. The molecule has 0 heterocycles. The monoisotopic (exact) mass is 316 g/mol. The standard InChI is InChI=1S/C13H8ClF3N2O2/c14-8-5-7(15)1-2-11(8)21-12-9(16)3-6(4-10(12)17)13(18)19-20/h1-5,20H,(H2,18,19). The molecule has 0 radical (unpaired) electrons. The fourth-order valence-electron chi connectivity index (χ4n) is 1.53. The lowest BCUT2D eigenvalue weighted by Crippen LogP contribution is -2.14. The zero-order valence-electron chi connectivity index (χ0n) is 10.3. The van der Waals surface area contributed by atoms with Gasteiger partial charge in [0.2, 0.25) is 0 Å². The van der Waals surface area contributed by atoms with Gasteiger partial charge in [-0.05, 0) is 30.3 Å². The van der Waals surface area contributed by atoms with E-state index in [1.165, 1.54) is 0 Å². The Morgan fingerprint density at radius 3 is 2.29 bits per heavy atom. The van der Waals surface area contributed by atoms with E-state index in [-0.39, 0.29) is 16.3 Å². The Morgan fingerprint density at radius 2 is 1.76 bits per heavy atom. The maximum atomic E-state index is 13.8. The minimum Gasteiger partial charge on any atom is -0.450 e. The maximum Gasteiger partial charge on any atom is 0.198 e. The predicted molar refractivity (Wildman–Crippen MR) is 70.4 cm³/mol. The second kappa shape index (κ2) is 5.92. The van der Waals surface area contributed by atoms with E-state index in [4.69, 9.17) is 27.3 Å². The Balaban J connectivity index is 2.41. The molecule has 110 valence electrons. The third-order valence-electron chi connectivity index (χ3n) is 2.51. The fraction of sp³-hybridized carbons (Fsp3) is 0. The highest BCUT2D eigenvalue weighted by Crippen LogP contribution is 2.33. The van der Waals surface area contributed by atoms with Gasteiger partial charge in [-0.3, -0.25) is 0 Å². The number of halogens is 4. The summed E-state index contributed by atoms with van der Waals surface area (Å²) < 4.78 is 45.5. The van der Waals surface area contributed by atoms with Crippen LogP contribution < -0.4 is 10.5 Å². The molecule has 0 atom stereocenters. The number of nitrogens with zero attached hydrogens (tertiary/aromatic N) is 1. The molecular weight excluding hydrogens is 309 g/mol. The summed E-state index contributed by atoms with van der Waals surface area (Å²) in [5.41, 5.74) is 5.08. The molecule has 0 unspecified atom stereocenters. The molecule has 4 nitrogen and oxygen atoms in total. The van der Waals surface area contributed by atoms with Crippen molar-refractivity contribution in [3.8, 4) is 11.5 Å². The van der Waals surface area contributed by atoms with Gasteiger partial charge in [0.25, 0.3) is 0 Å². The average molecular weight is 317 g/mol. The molecule has 0 aliphatic carbocycles. The Hall–Kier alpha value is -2.41. The highest BCUT2D eigenvalue weighted by atomic mass is 35.5. The molecule has 3 N–H and O–H groups in total. The summed E-state index contributed by atoms with van der Waals surface area (Å²) in [6.07, 6.45) is 0. The number of rotatable bonds is 3. The quantitative estimate of drug-likeness (QED) is 0.393. The number of oxime groups is 1. The average Bonchev–Trinajstić information content (AvgIpc) is 2.43. The minimum absolute atomic E-state index is 0.118. The van der Waals surface area contributed by atoms with Gasteiger partial charge in [0.15, 0.2) is 23.2 Å². The first-order chi connectivity index (χ1) is 9.92. The van der Waals surface area contributed by atoms with Crippen LogP contribution in [0.3, 0.4) is 0 Å².